The maximum absolute atomic E-state index is 13.7. The Morgan fingerprint density at radius 1 is 1.11 bits per heavy atom. The van der Waals surface area contributed by atoms with Crippen molar-refractivity contribution in [3.05, 3.63) is 29.8 Å². The summed E-state index contributed by atoms with van der Waals surface area (Å²) in [5.41, 5.74) is 1.27. The second-order valence-corrected chi connectivity index (χ2v) is 9.70. The van der Waals surface area contributed by atoms with E-state index < -0.39 is 0 Å². The smallest absolute Gasteiger partial charge is 0.247 e. The summed E-state index contributed by atoms with van der Waals surface area (Å²) in [5, 5.41) is 12.3. The number of likely N-dealkylation sites (tertiary alicyclic amines) is 1. The standard InChI is InChI=1S/C23H30N2O3/c26-14-15-3-1-4-19(10-15)24-21(27)20-5-2-6-25(20)22(28)23-11-16-7-17(12-23)9-18(8-16)13-23/h1,3-4,10,16-18,20,26H,2,5-9,11-14H2,(H,24,27). The Labute approximate surface area is 166 Å². The molecule has 5 nitrogen and oxygen atoms in total. The van der Waals surface area contributed by atoms with E-state index in [-0.39, 0.29) is 29.9 Å². The molecule has 1 aromatic carbocycles. The van der Waals surface area contributed by atoms with Crippen molar-refractivity contribution in [2.24, 2.45) is 23.2 Å². The lowest BCUT2D eigenvalue weighted by Crippen LogP contribution is -2.56. The number of hydrogen-bond donors (Lipinski definition) is 2. The minimum Gasteiger partial charge on any atom is -0.392 e. The number of anilines is 1. The van der Waals surface area contributed by atoms with Crippen LogP contribution in [-0.4, -0.2) is 34.4 Å². The molecule has 28 heavy (non-hydrogen) atoms. The summed E-state index contributed by atoms with van der Waals surface area (Å²) in [6.07, 6.45) is 8.72. The van der Waals surface area contributed by atoms with E-state index >= 15 is 0 Å². The molecule has 1 unspecified atom stereocenters. The highest BCUT2D eigenvalue weighted by molar-refractivity contribution is 5.98. The molecule has 4 saturated carbocycles. The van der Waals surface area contributed by atoms with Crippen molar-refractivity contribution in [1.29, 1.82) is 0 Å². The number of amides is 2. The van der Waals surface area contributed by atoms with Crippen LogP contribution in [0, 0.1) is 23.2 Å². The van der Waals surface area contributed by atoms with Gasteiger partial charge in [0.1, 0.15) is 6.04 Å². The SMILES string of the molecule is O=C(Nc1cccc(CO)c1)C1CCCN1C(=O)C12CC3CC(CC(C3)C1)C2. The van der Waals surface area contributed by atoms with Gasteiger partial charge in [-0.1, -0.05) is 12.1 Å². The summed E-state index contributed by atoms with van der Waals surface area (Å²) in [4.78, 5) is 28.6. The number of rotatable bonds is 4. The van der Waals surface area contributed by atoms with E-state index in [1.807, 2.05) is 23.1 Å². The van der Waals surface area contributed by atoms with Crippen LogP contribution in [0.25, 0.3) is 0 Å². The molecule has 0 spiro atoms. The van der Waals surface area contributed by atoms with Gasteiger partial charge in [-0.05, 0) is 86.8 Å². The normalized spacial score (nSPS) is 36.0. The average molecular weight is 383 g/mol. The topological polar surface area (TPSA) is 69.6 Å². The lowest BCUT2D eigenvalue weighted by molar-refractivity contribution is -0.160. The summed E-state index contributed by atoms with van der Waals surface area (Å²) in [5.74, 6) is 2.35. The molecule has 5 heteroatoms. The molecule has 2 N–H and O–H groups in total. The minimum absolute atomic E-state index is 0.0518. The van der Waals surface area contributed by atoms with Gasteiger partial charge in [0.2, 0.25) is 11.8 Å². The molecule has 1 heterocycles. The average Bonchev–Trinajstić information content (AvgIpc) is 3.16. The Morgan fingerprint density at radius 2 is 1.79 bits per heavy atom. The van der Waals surface area contributed by atoms with Gasteiger partial charge in [-0.3, -0.25) is 9.59 Å². The van der Waals surface area contributed by atoms with Crippen LogP contribution in [0.4, 0.5) is 5.69 Å². The Hall–Kier alpha value is -1.88. The Balaban J connectivity index is 1.32. The van der Waals surface area contributed by atoms with E-state index in [1.54, 1.807) is 6.07 Å². The molecule has 2 amide bonds. The molecule has 1 saturated heterocycles. The monoisotopic (exact) mass is 382 g/mol. The van der Waals surface area contributed by atoms with Crippen LogP contribution in [0.3, 0.4) is 0 Å². The quantitative estimate of drug-likeness (QED) is 0.839. The zero-order valence-corrected chi connectivity index (χ0v) is 16.4. The molecule has 4 bridgehead atoms. The Morgan fingerprint density at radius 3 is 2.43 bits per heavy atom. The summed E-state index contributed by atoms with van der Waals surface area (Å²) >= 11 is 0. The third-order valence-electron chi connectivity index (χ3n) is 7.69. The van der Waals surface area contributed by atoms with E-state index in [0.717, 1.165) is 55.4 Å². The van der Waals surface area contributed by atoms with Gasteiger partial charge in [0.05, 0.1) is 12.0 Å². The van der Waals surface area contributed by atoms with Crippen molar-refractivity contribution in [3.8, 4) is 0 Å². The lowest BCUT2D eigenvalue weighted by Gasteiger charge is -2.56. The maximum atomic E-state index is 13.7. The van der Waals surface area contributed by atoms with Crippen molar-refractivity contribution in [3.63, 3.8) is 0 Å². The fourth-order valence-corrected chi connectivity index (χ4v) is 6.93. The summed E-state index contributed by atoms with van der Waals surface area (Å²) in [6.45, 7) is 0.652. The zero-order valence-electron chi connectivity index (χ0n) is 16.4. The second kappa shape index (κ2) is 6.87. The number of nitrogens with zero attached hydrogens (tertiary/aromatic N) is 1. The van der Waals surface area contributed by atoms with Crippen LogP contribution in [0.2, 0.25) is 0 Å². The molecule has 1 aromatic rings. The van der Waals surface area contributed by atoms with Gasteiger partial charge in [0.15, 0.2) is 0 Å². The predicted molar refractivity (Wildman–Crippen MR) is 106 cm³/mol. The lowest BCUT2D eigenvalue weighted by atomic mass is 9.49. The van der Waals surface area contributed by atoms with Crippen LogP contribution in [-0.2, 0) is 16.2 Å². The molecule has 0 radical (unpaired) electrons. The number of nitrogens with one attached hydrogen (secondary N) is 1. The van der Waals surface area contributed by atoms with E-state index in [4.69, 9.17) is 0 Å². The summed E-state index contributed by atoms with van der Waals surface area (Å²) in [7, 11) is 0. The van der Waals surface area contributed by atoms with Gasteiger partial charge >= 0.3 is 0 Å². The highest BCUT2D eigenvalue weighted by Crippen LogP contribution is 2.60. The second-order valence-electron chi connectivity index (χ2n) is 9.70. The highest BCUT2D eigenvalue weighted by Gasteiger charge is 2.56. The van der Waals surface area contributed by atoms with E-state index in [0.29, 0.717) is 12.2 Å². The first-order valence-corrected chi connectivity index (χ1v) is 10.9. The predicted octanol–water partition coefficient (Wildman–Crippen LogP) is 3.32. The maximum Gasteiger partial charge on any atom is 0.247 e. The molecular weight excluding hydrogens is 352 g/mol. The minimum atomic E-state index is -0.363. The molecule has 5 fully saturated rings. The van der Waals surface area contributed by atoms with E-state index in [2.05, 4.69) is 5.32 Å². The number of aliphatic hydroxyl groups excluding tert-OH is 1. The third kappa shape index (κ3) is 3.04. The van der Waals surface area contributed by atoms with Gasteiger partial charge in [0, 0.05) is 12.2 Å². The largest absolute Gasteiger partial charge is 0.392 e. The zero-order chi connectivity index (χ0) is 19.3. The number of aliphatic hydroxyl groups is 1. The molecular formula is C23H30N2O3. The van der Waals surface area contributed by atoms with Crippen molar-refractivity contribution in [1.82, 2.24) is 4.90 Å². The fourth-order valence-electron chi connectivity index (χ4n) is 6.93. The van der Waals surface area contributed by atoms with Crippen molar-refractivity contribution >= 4 is 17.5 Å². The molecule has 4 aliphatic carbocycles. The summed E-state index contributed by atoms with van der Waals surface area (Å²) in [6, 6.07) is 6.91. The van der Waals surface area contributed by atoms with Crippen LogP contribution in [0.5, 0.6) is 0 Å². The molecule has 1 atom stereocenters. The van der Waals surface area contributed by atoms with Gasteiger partial charge < -0.3 is 15.3 Å². The van der Waals surface area contributed by atoms with Gasteiger partial charge in [-0.15, -0.1) is 0 Å². The van der Waals surface area contributed by atoms with Crippen LogP contribution in [0.1, 0.15) is 56.9 Å². The molecule has 150 valence electrons. The first-order chi connectivity index (χ1) is 13.6. The van der Waals surface area contributed by atoms with Crippen molar-refractivity contribution in [2.75, 3.05) is 11.9 Å². The first-order valence-electron chi connectivity index (χ1n) is 10.9. The molecule has 6 rings (SSSR count). The van der Waals surface area contributed by atoms with Crippen molar-refractivity contribution in [2.45, 2.75) is 64.0 Å². The Bertz CT molecular complexity index is 755. The van der Waals surface area contributed by atoms with Crippen LogP contribution < -0.4 is 5.32 Å². The summed E-state index contributed by atoms with van der Waals surface area (Å²) < 4.78 is 0. The molecule has 5 aliphatic rings. The van der Waals surface area contributed by atoms with E-state index in [1.165, 1.54) is 19.3 Å². The molecule has 1 aliphatic heterocycles. The van der Waals surface area contributed by atoms with Gasteiger partial charge in [0.25, 0.3) is 0 Å². The number of carbonyl (C=O) groups is 2. The fraction of sp³-hybridized carbons (Fsp3) is 0.652. The number of benzene rings is 1. The van der Waals surface area contributed by atoms with Crippen LogP contribution >= 0.6 is 0 Å². The first kappa shape index (κ1) is 18.2. The number of hydrogen-bond acceptors (Lipinski definition) is 3. The highest BCUT2D eigenvalue weighted by atomic mass is 16.3. The van der Waals surface area contributed by atoms with E-state index in [9.17, 15) is 14.7 Å². The third-order valence-corrected chi connectivity index (χ3v) is 7.69. The Kier molecular flexibility index (Phi) is 4.46. The van der Waals surface area contributed by atoms with Gasteiger partial charge in [-0.2, -0.15) is 0 Å². The molecule has 0 aromatic heterocycles. The van der Waals surface area contributed by atoms with Crippen LogP contribution in [0.15, 0.2) is 24.3 Å². The van der Waals surface area contributed by atoms with Crippen molar-refractivity contribution < 1.29 is 14.7 Å². The van der Waals surface area contributed by atoms with Gasteiger partial charge in [-0.25, -0.2) is 0 Å². The number of carbonyl (C=O) groups excluding carboxylic acids is 2.